The van der Waals surface area contributed by atoms with Crippen LogP contribution in [0.4, 0.5) is 0 Å². The van der Waals surface area contributed by atoms with E-state index in [9.17, 15) is 0 Å². The zero-order valence-corrected chi connectivity index (χ0v) is 35.6. The summed E-state index contributed by atoms with van der Waals surface area (Å²) in [4.78, 5) is 9.41. The summed E-state index contributed by atoms with van der Waals surface area (Å²) in [6.07, 6.45) is 12.4. The maximum Gasteiger partial charge on any atom is 0.120 e. The molecule has 1 unspecified atom stereocenters. The molecule has 3 saturated carbocycles. The van der Waals surface area contributed by atoms with Crippen molar-refractivity contribution in [3.05, 3.63) is 139 Å². The molecule has 3 heterocycles. The van der Waals surface area contributed by atoms with E-state index in [1.807, 2.05) is 30.5 Å². The number of nitrogens with zero attached hydrogens (tertiary/aromatic N) is 2. The summed E-state index contributed by atoms with van der Waals surface area (Å²) < 4.78 is 6.39. The Hall–Kier alpha value is -4.15. The van der Waals surface area contributed by atoms with Crippen LogP contribution in [-0.4, -0.2) is 18.0 Å². The monoisotopic (exact) mass is 903 g/mol. The molecule has 5 heteroatoms. The fraction of sp³-hybridized carbons (Fsp3) is 0.306. The van der Waals surface area contributed by atoms with Crippen LogP contribution < -0.4 is 5.19 Å². The molecule has 0 saturated heterocycles. The molecular formula is C49H50IrN2OSi-2. The first kappa shape index (κ1) is 38.1. The Morgan fingerprint density at radius 3 is 2.26 bits per heavy atom. The van der Waals surface area contributed by atoms with Gasteiger partial charge in [-0.05, 0) is 95.3 Å². The molecule has 54 heavy (non-hydrogen) atoms. The molecule has 3 nitrogen and oxygen atoms in total. The van der Waals surface area contributed by atoms with Crippen molar-refractivity contribution in [1.29, 1.82) is 0 Å². The Morgan fingerprint density at radius 2 is 1.56 bits per heavy atom. The second kappa shape index (κ2) is 16.3. The van der Waals surface area contributed by atoms with E-state index in [2.05, 4.69) is 136 Å². The molecule has 3 aromatic heterocycles. The summed E-state index contributed by atoms with van der Waals surface area (Å²) in [5.74, 6) is 3.26. The van der Waals surface area contributed by atoms with Gasteiger partial charge in [-0.15, -0.1) is 54.1 Å². The number of hydrogen-bond donors (Lipinski definition) is 0. The minimum atomic E-state index is -1.34. The Bertz CT molecular complexity index is 2340. The third-order valence-electron chi connectivity index (χ3n) is 11.7. The number of fused-ring (bicyclic) bond motifs is 6. The first-order valence-corrected chi connectivity index (χ1v) is 23.1. The summed E-state index contributed by atoms with van der Waals surface area (Å²) in [7, 11) is -1.34. The summed E-state index contributed by atoms with van der Waals surface area (Å²) in [5, 5.41) is 3.74. The molecule has 0 spiro atoms. The van der Waals surface area contributed by atoms with Crippen LogP contribution in [0.2, 0.25) is 19.6 Å². The number of pyridine rings is 2. The molecule has 10 rings (SSSR count). The van der Waals surface area contributed by atoms with Gasteiger partial charge in [0.05, 0.1) is 13.7 Å². The number of hydrogen-bond acceptors (Lipinski definition) is 3. The summed E-state index contributed by atoms with van der Waals surface area (Å²) in [6.45, 7) is 11.7. The smallest absolute Gasteiger partial charge is 0.120 e. The second-order valence-corrected chi connectivity index (χ2v) is 21.7. The zero-order chi connectivity index (χ0) is 36.5. The molecule has 1 atom stereocenters. The third-order valence-corrected chi connectivity index (χ3v) is 13.7. The van der Waals surface area contributed by atoms with Gasteiger partial charge < -0.3 is 14.4 Å². The van der Waals surface area contributed by atoms with Gasteiger partial charge in [0.15, 0.2) is 0 Å². The molecule has 4 aromatic carbocycles. The van der Waals surface area contributed by atoms with Crippen molar-refractivity contribution in [2.45, 2.75) is 77.9 Å². The molecule has 7 aromatic rings. The largest absolute Gasteiger partial charge is 0.501 e. The van der Waals surface area contributed by atoms with Crippen LogP contribution >= 0.6 is 0 Å². The number of rotatable bonds is 7. The molecule has 3 fully saturated rings. The summed E-state index contributed by atoms with van der Waals surface area (Å²) in [5.41, 5.74) is 11.1. The van der Waals surface area contributed by atoms with E-state index in [0.717, 1.165) is 62.2 Å². The van der Waals surface area contributed by atoms with Crippen LogP contribution in [0.1, 0.15) is 63.0 Å². The Morgan fingerprint density at radius 1 is 0.759 bits per heavy atom. The minimum absolute atomic E-state index is 0. The summed E-state index contributed by atoms with van der Waals surface area (Å²) >= 11 is 0. The van der Waals surface area contributed by atoms with Crippen LogP contribution in [-0.2, 0) is 26.5 Å². The molecule has 0 aliphatic heterocycles. The van der Waals surface area contributed by atoms with Gasteiger partial charge in [-0.2, -0.15) is 0 Å². The van der Waals surface area contributed by atoms with Gasteiger partial charge in [0.25, 0.3) is 0 Å². The van der Waals surface area contributed by atoms with E-state index in [4.69, 9.17) is 9.40 Å². The topological polar surface area (TPSA) is 38.9 Å². The van der Waals surface area contributed by atoms with E-state index in [-0.39, 0.29) is 20.1 Å². The Labute approximate surface area is 336 Å². The van der Waals surface area contributed by atoms with E-state index in [0.29, 0.717) is 5.92 Å². The van der Waals surface area contributed by atoms with Gasteiger partial charge in [-0.1, -0.05) is 117 Å². The molecule has 1 radical (unpaired) electrons. The van der Waals surface area contributed by atoms with E-state index < -0.39 is 8.07 Å². The first-order chi connectivity index (χ1) is 25.7. The third kappa shape index (κ3) is 8.10. The predicted octanol–water partition coefficient (Wildman–Crippen LogP) is 12.7. The van der Waals surface area contributed by atoms with Crippen LogP contribution in [0.25, 0.3) is 55.6 Å². The quantitative estimate of drug-likeness (QED) is 0.118. The van der Waals surface area contributed by atoms with Crippen LogP contribution in [0.5, 0.6) is 0 Å². The van der Waals surface area contributed by atoms with Crippen LogP contribution in [0, 0.1) is 29.9 Å². The second-order valence-electron chi connectivity index (χ2n) is 16.6. The fourth-order valence-corrected chi connectivity index (χ4v) is 10.5. The summed E-state index contributed by atoms with van der Waals surface area (Å²) in [6, 6.07) is 42.6. The SMILES string of the molecule is CC(C)c1cc(-c2[c-]cccc2)ncc1[Si](C)(C)C.[Ir].[c-]1ccc2c(oc3ccc(-c4ccccc4)cc32)c1-c1cc(CC2CC3CCC2CC3)ccn1. The standard InChI is InChI=1S/C32H28NO.C17H22NSi.Ir/c1-2-5-23(6-3-1)25-13-14-31-29(20-25)27-7-4-8-28(32(27)34-31)30-19-22(15-16-33-30)18-26-17-21-9-11-24(26)12-10-21;1-13(2)15-11-16(14-9-7-6-8-10-14)18-12-17(15)19(3,4)5;/h1-7,13-16,19-21,24,26H,9-12,17-18H2;6-9,11-13H,1-5H3;/q2*-1;. The van der Waals surface area contributed by atoms with E-state index in [1.165, 1.54) is 66.0 Å². The maximum atomic E-state index is 6.39. The average Bonchev–Trinajstić information content (AvgIpc) is 3.57. The maximum absolute atomic E-state index is 6.39. The Kier molecular flexibility index (Phi) is 11.5. The Balaban J connectivity index is 0.000000193. The van der Waals surface area contributed by atoms with Gasteiger partial charge in [0.2, 0.25) is 0 Å². The normalized spacial score (nSPS) is 18.0. The molecule has 3 aliphatic rings. The van der Waals surface area contributed by atoms with Crippen molar-refractivity contribution in [2.75, 3.05) is 0 Å². The van der Waals surface area contributed by atoms with Crippen molar-refractivity contribution < 1.29 is 24.5 Å². The molecule has 0 N–H and O–H groups in total. The molecule has 3 aliphatic carbocycles. The van der Waals surface area contributed by atoms with Crippen LogP contribution in [0.15, 0.2) is 120 Å². The van der Waals surface area contributed by atoms with Crippen molar-refractivity contribution in [3.63, 3.8) is 0 Å². The van der Waals surface area contributed by atoms with Crippen molar-refractivity contribution >= 4 is 35.2 Å². The van der Waals surface area contributed by atoms with Crippen molar-refractivity contribution in [2.24, 2.45) is 17.8 Å². The molecular weight excluding hydrogens is 853 g/mol. The average molecular weight is 903 g/mol. The molecule has 2 bridgehead atoms. The van der Waals surface area contributed by atoms with E-state index >= 15 is 0 Å². The fourth-order valence-electron chi connectivity index (χ4n) is 8.82. The molecule has 277 valence electrons. The number of furan rings is 1. The van der Waals surface area contributed by atoms with E-state index in [1.54, 1.807) is 0 Å². The van der Waals surface area contributed by atoms with Gasteiger partial charge >= 0.3 is 0 Å². The van der Waals surface area contributed by atoms with Crippen molar-refractivity contribution in [3.8, 4) is 33.6 Å². The van der Waals surface area contributed by atoms with Gasteiger partial charge in [-0.3, -0.25) is 0 Å². The number of aromatic nitrogens is 2. The van der Waals surface area contributed by atoms with Gasteiger partial charge in [0.1, 0.15) is 5.58 Å². The molecule has 0 amide bonds. The zero-order valence-electron chi connectivity index (χ0n) is 32.2. The van der Waals surface area contributed by atoms with Crippen LogP contribution in [0.3, 0.4) is 0 Å². The van der Waals surface area contributed by atoms with Gasteiger partial charge in [-0.25, -0.2) is 0 Å². The number of benzene rings is 4. The van der Waals surface area contributed by atoms with Crippen molar-refractivity contribution in [1.82, 2.24) is 9.97 Å². The first-order valence-electron chi connectivity index (χ1n) is 19.6. The predicted molar refractivity (Wildman–Crippen MR) is 224 cm³/mol. The minimum Gasteiger partial charge on any atom is -0.501 e. The van der Waals surface area contributed by atoms with Gasteiger partial charge in [0, 0.05) is 37.9 Å².